The monoisotopic (exact) mass is 1300 g/mol. The Bertz CT molecular complexity index is 3120. The highest BCUT2D eigenvalue weighted by Crippen LogP contribution is 2.27. The first-order valence-corrected chi connectivity index (χ1v) is 31.5. The smallest absolute Gasteiger partial charge is 0.246 e. The summed E-state index contributed by atoms with van der Waals surface area (Å²) in [4.78, 5) is 165. The molecular weight excluding hydrogens is 1210 g/mol. The lowest BCUT2D eigenvalue weighted by molar-refractivity contribution is -0.148. The molecule has 0 spiro atoms. The second-order valence-electron chi connectivity index (χ2n) is 23.0. The van der Waals surface area contributed by atoms with Crippen molar-refractivity contribution < 1.29 is 57.8 Å². The van der Waals surface area contributed by atoms with Crippen LogP contribution in [0.1, 0.15) is 103 Å². The number of phenolic OH excluding ortho intramolecular Hbond substituents is 1. The maximum Gasteiger partial charge on any atom is 0.246 e. The van der Waals surface area contributed by atoms with Crippen LogP contribution in [0.3, 0.4) is 0 Å². The summed E-state index contributed by atoms with van der Waals surface area (Å²) in [6, 6.07) is 2.67. The van der Waals surface area contributed by atoms with Crippen LogP contribution < -0.4 is 76.9 Å². The highest BCUT2D eigenvalue weighted by atomic mass is 32.1. The Balaban J connectivity index is 1.25. The van der Waals surface area contributed by atoms with Gasteiger partial charge in [-0.15, -0.1) is 0 Å². The van der Waals surface area contributed by atoms with E-state index < -0.39 is 132 Å². The number of aromatic hydroxyl groups is 1. The molecule has 22 N–H and O–H groups in total. The number of para-hydroxylation sites is 1. The van der Waals surface area contributed by atoms with Gasteiger partial charge < -0.3 is 96.8 Å². The number of hydrogen-bond acceptors (Lipinski definition) is 16. The van der Waals surface area contributed by atoms with E-state index in [4.69, 9.17) is 34.4 Å². The number of H-pyrrole nitrogens is 1. The van der Waals surface area contributed by atoms with E-state index in [2.05, 4.69) is 70.1 Å². The number of carbonyl (C=O) groups is 11. The van der Waals surface area contributed by atoms with Gasteiger partial charge in [-0.25, -0.2) is 0 Å². The van der Waals surface area contributed by atoms with Crippen molar-refractivity contribution in [3.05, 3.63) is 65.9 Å². The predicted octanol–water partition coefficient (Wildman–Crippen LogP) is -3.52. The van der Waals surface area contributed by atoms with Crippen molar-refractivity contribution in [2.45, 2.75) is 159 Å². The van der Waals surface area contributed by atoms with Gasteiger partial charge in [0.05, 0.1) is 12.6 Å². The third kappa shape index (κ3) is 22.6. The van der Waals surface area contributed by atoms with Crippen LogP contribution in [-0.4, -0.2) is 196 Å². The van der Waals surface area contributed by atoms with Crippen LogP contribution in [0.5, 0.6) is 5.75 Å². The SMILES string of the molecule is CC[C@H](C)[C@H](NC(=O)[C@H](CCCN=C(N)N)NC(=O)[C@H](C)NC(=O)[C@H](CCCN=C(N)N)NC(=O)[C@@H]1CCCN1C(=O)[C@@H]1CCCN1C(=O)[C@H](CCC(N)=O)NC(=O)[C@@H](N)Cc1c[nH]c2ccccc12)C(=O)NCC(=O)N[C@@H](Cc1ccc(O)cc1)C(=O)NCCS. The Kier molecular flexibility index (Phi) is 29.3. The highest BCUT2D eigenvalue weighted by molar-refractivity contribution is 7.80. The van der Waals surface area contributed by atoms with Gasteiger partial charge >= 0.3 is 0 Å². The van der Waals surface area contributed by atoms with Crippen molar-refractivity contribution in [1.29, 1.82) is 0 Å². The lowest BCUT2D eigenvalue weighted by Gasteiger charge is -2.33. The molecule has 0 saturated carbocycles. The second-order valence-corrected chi connectivity index (χ2v) is 23.4. The minimum atomic E-state index is -1.36. The number of rotatable bonds is 36. The summed E-state index contributed by atoms with van der Waals surface area (Å²) in [6.45, 7) is 4.78. The van der Waals surface area contributed by atoms with E-state index in [-0.39, 0.29) is 115 Å². The maximum absolute atomic E-state index is 14.6. The minimum absolute atomic E-state index is 0.0105. The molecule has 0 aliphatic carbocycles. The molecule has 2 aliphatic heterocycles. The van der Waals surface area contributed by atoms with Crippen LogP contribution >= 0.6 is 12.6 Å². The van der Waals surface area contributed by atoms with Crippen molar-refractivity contribution in [3.63, 3.8) is 0 Å². The van der Waals surface area contributed by atoms with Crippen LogP contribution in [0.25, 0.3) is 10.9 Å². The molecule has 504 valence electrons. The van der Waals surface area contributed by atoms with Gasteiger partial charge in [0, 0.05) is 68.4 Å². The number of nitrogens with one attached hydrogen (secondary N) is 9. The number of primary amides is 1. The number of aliphatic imine (C=N–C) groups is 2. The van der Waals surface area contributed by atoms with E-state index in [9.17, 15) is 57.8 Å². The van der Waals surface area contributed by atoms with Crippen LogP contribution in [0.15, 0.2) is 64.7 Å². The van der Waals surface area contributed by atoms with Crippen LogP contribution in [0, 0.1) is 5.92 Å². The van der Waals surface area contributed by atoms with Gasteiger partial charge in [-0.3, -0.25) is 62.7 Å². The molecule has 2 aliphatic rings. The number of phenols is 1. The minimum Gasteiger partial charge on any atom is -0.508 e. The Hall–Kier alpha value is -9.20. The predicted molar refractivity (Wildman–Crippen MR) is 346 cm³/mol. The fraction of sp³-hybridized carbons (Fsp3) is 0.550. The number of nitrogens with zero attached hydrogens (tertiary/aromatic N) is 4. The number of amides is 11. The number of carbonyl (C=O) groups excluding carboxylic acids is 11. The highest BCUT2D eigenvalue weighted by Gasteiger charge is 2.44. The molecule has 10 atom stereocenters. The number of hydrogen-bond donors (Lipinski definition) is 17. The Morgan fingerprint density at radius 2 is 1.27 bits per heavy atom. The fourth-order valence-corrected chi connectivity index (χ4v) is 10.9. The molecule has 3 heterocycles. The van der Waals surface area contributed by atoms with E-state index >= 15 is 0 Å². The summed E-state index contributed by atoms with van der Waals surface area (Å²) in [5, 5.41) is 31.8. The molecule has 0 radical (unpaired) electrons. The van der Waals surface area contributed by atoms with E-state index in [1.54, 1.807) is 32.2 Å². The number of thiol groups is 1. The van der Waals surface area contributed by atoms with Gasteiger partial charge in [0.1, 0.15) is 54.1 Å². The molecule has 2 saturated heterocycles. The summed E-state index contributed by atoms with van der Waals surface area (Å²) in [5.41, 5.74) is 36.3. The third-order valence-corrected chi connectivity index (χ3v) is 16.2. The number of likely N-dealkylation sites (tertiary alicyclic amines) is 2. The summed E-state index contributed by atoms with van der Waals surface area (Å²) < 4.78 is 0. The first-order chi connectivity index (χ1) is 43.8. The topological polar surface area (TPSA) is 507 Å². The van der Waals surface area contributed by atoms with Crippen molar-refractivity contribution >= 4 is 100 Å². The Morgan fingerprint density at radius 1 is 0.663 bits per heavy atom. The van der Waals surface area contributed by atoms with Gasteiger partial charge in [0.15, 0.2) is 11.9 Å². The van der Waals surface area contributed by atoms with E-state index in [1.807, 2.05) is 24.3 Å². The molecule has 3 aromatic rings. The largest absolute Gasteiger partial charge is 0.508 e. The number of aromatic amines is 1. The number of benzene rings is 2. The number of guanidine groups is 2. The molecule has 2 fully saturated rings. The Morgan fingerprint density at radius 3 is 1.90 bits per heavy atom. The summed E-state index contributed by atoms with van der Waals surface area (Å²) in [6.07, 6.45) is 3.27. The molecule has 0 unspecified atom stereocenters. The third-order valence-electron chi connectivity index (χ3n) is 16.0. The number of nitrogens with two attached hydrogens (primary N) is 6. The average molecular weight is 1300 g/mol. The summed E-state index contributed by atoms with van der Waals surface area (Å²) in [5.74, 6) is -8.33. The van der Waals surface area contributed by atoms with Crippen LogP contribution in [0.4, 0.5) is 0 Å². The molecule has 31 nitrogen and oxygen atoms in total. The average Bonchev–Trinajstić information content (AvgIpc) is 1.72. The van der Waals surface area contributed by atoms with Gasteiger partial charge in [-0.05, 0) is 106 Å². The zero-order valence-electron chi connectivity index (χ0n) is 52.2. The van der Waals surface area contributed by atoms with Gasteiger partial charge in [-0.2, -0.15) is 12.6 Å². The standard InChI is InChI=1S/C60H91N19O12S/c1-4-33(2)49(56(89)71-32-48(82)73-44(52(85)67-25-28-92)29-35-17-19-37(80)20-18-35)77-54(87)42(14-8-24-69-60(65)66)74-50(83)34(3)72-53(86)41(13-7-23-68-59(63)64)75-55(88)45-15-9-26-78(45)58(91)46-16-10-27-79(46)57(90)43(21-22-47(62)81)76-51(84)39(61)30-36-31-70-40-12-6-5-11-38(36)40/h5-6,11-12,17-20,31,33-34,39,41-46,49,70,80,92H,4,7-10,13-16,21-30,32,61H2,1-3H3,(H2,62,81)(H,67,85)(H,71,89)(H,72,86)(H,73,82)(H,74,83)(H,75,88)(H,76,84)(H,77,87)(H4,63,64,68)(H4,65,66,69)/t33-,34-,39-,41-,42-,43-,44-,45-,46-,49-/m0/s1. The van der Waals surface area contributed by atoms with Crippen molar-refractivity contribution in [2.24, 2.45) is 50.3 Å². The normalized spacial score (nSPS) is 17.0. The number of fused-ring (bicyclic) bond motifs is 1. The van der Waals surface area contributed by atoms with Crippen LogP contribution in [0.2, 0.25) is 0 Å². The van der Waals surface area contributed by atoms with Crippen molar-refractivity contribution in [3.8, 4) is 5.75 Å². The quantitative estimate of drug-likeness (QED) is 0.0116. The molecule has 0 bridgehead atoms. The molecule has 11 amide bonds. The van der Waals surface area contributed by atoms with E-state index in [0.29, 0.717) is 30.6 Å². The van der Waals surface area contributed by atoms with Gasteiger partial charge in [0.25, 0.3) is 0 Å². The van der Waals surface area contributed by atoms with E-state index in [1.165, 1.54) is 28.9 Å². The van der Waals surface area contributed by atoms with Gasteiger partial charge in [-0.1, -0.05) is 50.6 Å². The van der Waals surface area contributed by atoms with Crippen molar-refractivity contribution in [1.82, 2.24) is 57.3 Å². The molecule has 92 heavy (non-hydrogen) atoms. The molecule has 1 aromatic heterocycles. The van der Waals surface area contributed by atoms with E-state index in [0.717, 1.165) is 16.5 Å². The fourth-order valence-electron chi connectivity index (χ4n) is 10.8. The first kappa shape index (κ1) is 73.5. The first-order valence-electron chi connectivity index (χ1n) is 30.9. The Labute approximate surface area is 539 Å². The molecule has 32 heteroatoms. The zero-order valence-corrected chi connectivity index (χ0v) is 53.1. The zero-order chi connectivity index (χ0) is 67.6. The van der Waals surface area contributed by atoms with Crippen LogP contribution in [-0.2, 0) is 65.6 Å². The summed E-state index contributed by atoms with van der Waals surface area (Å²) >= 11 is 4.13. The second kappa shape index (κ2) is 36.6. The van der Waals surface area contributed by atoms with Crippen molar-refractivity contribution in [2.75, 3.05) is 45.0 Å². The molecule has 5 rings (SSSR count). The number of aromatic nitrogens is 1. The molecule has 2 aromatic carbocycles. The summed E-state index contributed by atoms with van der Waals surface area (Å²) in [7, 11) is 0. The lowest BCUT2D eigenvalue weighted by atomic mass is 9.97. The maximum atomic E-state index is 14.6. The van der Waals surface area contributed by atoms with Gasteiger partial charge in [0.2, 0.25) is 65.0 Å². The lowest BCUT2D eigenvalue weighted by Crippen LogP contribution is -2.60. The molecular formula is C60H91N19O12S.